The Bertz CT molecular complexity index is 2240. The highest BCUT2D eigenvalue weighted by atomic mass is 16.2. The molecule has 5 atom stereocenters. The Balaban J connectivity index is 1.37. The molecule has 2 aromatic carbocycles. The van der Waals surface area contributed by atoms with Crippen molar-refractivity contribution in [2.24, 2.45) is 16.5 Å². The molecular weight excluding hydrogens is 825 g/mol. The Kier molecular flexibility index (Phi) is 15.7. The summed E-state index contributed by atoms with van der Waals surface area (Å²) in [5, 5.41) is 20.6. The number of aliphatic imine (C=N–C) groups is 1. The Morgan fingerprint density at radius 1 is 0.781 bits per heavy atom. The first-order valence-corrected chi connectivity index (χ1v) is 21.7. The van der Waals surface area contributed by atoms with E-state index in [4.69, 9.17) is 11.5 Å². The number of carbonyl (C=O) groups excluding carboxylic acids is 8. The minimum absolute atomic E-state index is 0.00402. The largest absolute Gasteiger partial charge is 0.370 e. The maximum atomic E-state index is 14.7. The van der Waals surface area contributed by atoms with Crippen LogP contribution in [0.3, 0.4) is 0 Å². The lowest BCUT2D eigenvalue weighted by molar-refractivity contribution is -0.145. The second-order valence-electron chi connectivity index (χ2n) is 16.5. The number of hydrogen-bond donors (Lipinski definition) is 10. The van der Waals surface area contributed by atoms with Gasteiger partial charge in [-0.3, -0.25) is 38.6 Å². The number of para-hydroxylation sites is 1. The Labute approximate surface area is 370 Å². The molecule has 64 heavy (non-hydrogen) atoms. The van der Waals surface area contributed by atoms with E-state index < -0.39 is 77.2 Å². The molecule has 20 heteroatoms. The highest BCUT2D eigenvalue weighted by Crippen LogP contribution is 2.31. The molecule has 3 aromatic rings. The lowest BCUT2D eigenvalue weighted by Crippen LogP contribution is -2.67. The summed E-state index contributed by atoms with van der Waals surface area (Å²) in [6, 6.07) is 9.45. The Morgan fingerprint density at radius 2 is 1.45 bits per heavy atom. The minimum Gasteiger partial charge on any atom is -0.370 e. The zero-order chi connectivity index (χ0) is 45.8. The molecule has 3 fully saturated rings. The van der Waals surface area contributed by atoms with Gasteiger partial charge >= 0.3 is 6.03 Å². The monoisotopic (exact) mass is 882 g/mol. The smallest absolute Gasteiger partial charge is 0.325 e. The van der Waals surface area contributed by atoms with Gasteiger partial charge in [0.25, 0.3) is 5.91 Å². The van der Waals surface area contributed by atoms with Crippen molar-refractivity contribution in [2.75, 3.05) is 26.2 Å². The van der Waals surface area contributed by atoms with Crippen molar-refractivity contribution in [3.05, 3.63) is 71.9 Å². The quantitative estimate of drug-likeness (QED) is 0.0553. The van der Waals surface area contributed by atoms with Crippen LogP contribution < -0.4 is 48.7 Å². The van der Waals surface area contributed by atoms with Crippen LogP contribution >= 0.6 is 0 Å². The summed E-state index contributed by atoms with van der Waals surface area (Å²) in [6.45, 7) is 2.17. The van der Waals surface area contributed by atoms with Crippen molar-refractivity contribution in [3.8, 4) is 0 Å². The van der Waals surface area contributed by atoms with E-state index in [1.54, 1.807) is 36.5 Å². The molecular formula is C44H58N12O8. The fourth-order valence-corrected chi connectivity index (χ4v) is 8.47. The Morgan fingerprint density at radius 3 is 2.19 bits per heavy atom. The normalized spacial score (nSPS) is 24.2. The van der Waals surface area contributed by atoms with Crippen LogP contribution in [-0.2, 0) is 46.4 Å². The molecule has 342 valence electrons. The number of aromatic nitrogens is 1. The first-order chi connectivity index (χ1) is 30.7. The zero-order valence-corrected chi connectivity index (χ0v) is 35.9. The number of benzene rings is 2. The van der Waals surface area contributed by atoms with E-state index in [9.17, 15) is 38.4 Å². The molecule has 8 amide bonds. The number of nitrogens with zero attached hydrogens (tertiary/aromatic N) is 2. The minimum atomic E-state index is -1.73. The van der Waals surface area contributed by atoms with Gasteiger partial charge in [0.15, 0.2) is 11.7 Å². The van der Waals surface area contributed by atoms with Gasteiger partial charge < -0.3 is 53.7 Å². The summed E-state index contributed by atoms with van der Waals surface area (Å²) in [6.07, 6.45) is 2.65. The van der Waals surface area contributed by atoms with Gasteiger partial charge in [0, 0.05) is 43.0 Å². The molecule has 20 nitrogen and oxygen atoms in total. The standard InChI is InChI=1S/C44H58N12O8/c1-26(57)30-13-7-8-18-48-36(58)24-35-40(62)56(43(64)55-35)44(16-20-47-21-17-44)41(63)54-33(22-27-10-3-2-4-11-27)38(60)52-32(15-9-19-49-42(45)46)37(59)53-34(39(61)51-30)23-28-25-50-31-14-6-5-12-29(28)31/h2-6,10-12,14,25,30,32-35,47,50H,7-9,13,15-24H2,1H3,(H,48,58)(H,51,61)(H,52,60)(H,53,59)(H,54,63)(H,55,64)(H4,45,46,49)/t30-,32-,33+,34-,35-/m0/s1. The number of guanidine groups is 1. The molecule has 1 spiro atoms. The zero-order valence-electron chi connectivity index (χ0n) is 35.9. The molecule has 6 rings (SSSR count). The molecule has 1 aromatic heterocycles. The molecule has 0 saturated carbocycles. The number of nitrogens with two attached hydrogens (primary N) is 2. The van der Waals surface area contributed by atoms with Crippen molar-refractivity contribution in [3.63, 3.8) is 0 Å². The van der Waals surface area contributed by atoms with E-state index in [1.165, 1.54) is 6.92 Å². The van der Waals surface area contributed by atoms with Crippen molar-refractivity contribution in [1.29, 1.82) is 0 Å². The number of H-pyrrole nitrogens is 1. The third kappa shape index (κ3) is 11.6. The number of urea groups is 1. The first kappa shape index (κ1) is 46.7. The Hall–Kier alpha value is -6.83. The van der Waals surface area contributed by atoms with Crippen LogP contribution in [0.25, 0.3) is 10.9 Å². The van der Waals surface area contributed by atoms with Crippen molar-refractivity contribution >= 4 is 64.1 Å². The number of rotatable bonds is 9. The van der Waals surface area contributed by atoms with Gasteiger partial charge in [-0.05, 0) is 82.2 Å². The van der Waals surface area contributed by atoms with Gasteiger partial charge in [0.05, 0.1) is 12.5 Å². The van der Waals surface area contributed by atoms with Crippen LogP contribution in [0.1, 0.15) is 69.4 Å². The van der Waals surface area contributed by atoms with Crippen LogP contribution in [0.15, 0.2) is 65.8 Å². The van der Waals surface area contributed by atoms with Gasteiger partial charge in [-0.2, -0.15) is 0 Å². The lowest BCUT2D eigenvalue weighted by Gasteiger charge is -2.42. The summed E-state index contributed by atoms with van der Waals surface area (Å²) in [7, 11) is 0. The maximum absolute atomic E-state index is 14.7. The fraction of sp³-hybridized carbons (Fsp3) is 0.477. The first-order valence-electron chi connectivity index (χ1n) is 21.7. The van der Waals surface area contributed by atoms with E-state index in [0.717, 1.165) is 15.8 Å². The second-order valence-corrected chi connectivity index (χ2v) is 16.5. The number of ketones is 1. The van der Waals surface area contributed by atoms with E-state index in [1.807, 2.05) is 24.3 Å². The van der Waals surface area contributed by atoms with E-state index in [2.05, 4.69) is 47.2 Å². The van der Waals surface area contributed by atoms with Gasteiger partial charge in [-0.1, -0.05) is 48.5 Å². The molecule has 0 unspecified atom stereocenters. The van der Waals surface area contributed by atoms with Crippen molar-refractivity contribution < 1.29 is 38.4 Å². The molecule has 4 heterocycles. The molecule has 2 bridgehead atoms. The van der Waals surface area contributed by atoms with Crippen LogP contribution in [0.2, 0.25) is 0 Å². The van der Waals surface area contributed by atoms with Crippen LogP contribution in [-0.4, -0.2) is 125 Å². The predicted octanol–water partition coefficient (Wildman–Crippen LogP) is -0.732. The topological polar surface area (TPSA) is 304 Å². The summed E-state index contributed by atoms with van der Waals surface area (Å²) < 4.78 is 0. The number of carbonyl (C=O) groups is 8. The second kappa shape index (κ2) is 21.5. The maximum Gasteiger partial charge on any atom is 0.325 e. The van der Waals surface area contributed by atoms with Crippen molar-refractivity contribution in [2.45, 2.75) is 107 Å². The summed E-state index contributed by atoms with van der Waals surface area (Å²) >= 11 is 0. The molecule has 3 aliphatic heterocycles. The van der Waals surface area contributed by atoms with Crippen LogP contribution in [0, 0.1) is 0 Å². The summed E-state index contributed by atoms with van der Waals surface area (Å²) in [5.41, 5.74) is 11.6. The van der Waals surface area contributed by atoms with Crippen molar-refractivity contribution in [1.82, 2.24) is 47.1 Å². The number of nitrogens with one attached hydrogen (secondary N) is 8. The molecule has 3 aliphatic rings. The predicted molar refractivity (Wildman–Crippen MR) is 236 cm³/mol. The van der Waals surface area contributed by atoms with E-state index >= 15 is 0 Å². The summed E-state index contributed by atoms with van der Waals surface area (Å²) in [5.74, 6) is -4.63. The van der Waals surface area contributed by atoms with Gasteiger partial charge in [0.1, 0.15) is 29.7 Å². The summed E-state index contributed by atoms with van der Waals surface area (Å²) in [4.78, 5) is 120. The molecule has 12 N–H and O–H groups in total. The van der Waals surface area contributed by atoms with E-state index in [-0.39, 0.29) is 89.3 Å². The number of Topliss-reactive ketones (excluding diaryl/α,β-unsaturated/α-hetero) is 1. The number of fused-ring (bicyclic) bond motifs is 4. The third-order valence-corrected chi connectivity index (χ3v) is 12.0. The highest BCUT2D eigenvalue weighted by Gasteiger charge is 2.55. The molecule has 3 saturated heterocycles. The van der Waals surface area contributed by atoms with Gasteiger partial charge in [-0.25, -0.2) is 9.69 Å². The molecule has 0 radical (unpaired) electrons. The number of aromatic amines is 1. The number of hydrogen-bond acceptors (Lipinski definition) is 10. The fourth-order valence-electron chi connectivity index (χ4n) is 8.47. The lowest BCUT2D eigenvalue weighted by atomic mass is 9.84. The van der Waals surface area contributed by atoms with Crippen LogP contribution in [0.5, 0.6) is 0 Å². The average Bonchev–Trinajstić information content (AvgIpc) is 3.81. The average molecular weight is 883 g/mol. The number of amides is 8. The SMILES string of the molecule is CC(=O)[C@@H]1CCCCNC(=O)C[C@@H]2NC(=O)N(C2=O)C2(CCNCC2)C(=O)N[C@H](Cc2ccccc2)C(=O)N[C@@H](CCCN=C(N)N)C(=O)N[C@@H](Cc2c[nH]c3ccccc23)C(=O)N1. The van der Waals surface area contributed by atoms with Gasteiger partial charge in [0.2, 0.25) is 29.5 Å². The molecule has 0 aliphatic carbocycles. The number of piperidine rings is 1. The van der Waals surface area contributed by atoms with E-state index in [0.29, 0.717) is 24.0 Å². The number of imide groups is 1. The third-order valence-electron chi connectivity index (χ3n) is 12.0. The highest BCUT2D eigenvalue weighted by molar-refractivity contribution is 6.10. The van der Waals surface area contributed by atoms with Gasteiger partial charge in [-0.15, -0.1) is 0 Å². The van der Waals surface area contributed by atoms with Crippen LogP contribution in [0.4, 0.5) is 4.79 Å².